The van der Waals surface area contributed by atoms with Crippen molar-refractivity contribution in [2.24, 2.45) is 4.99 Å². The Morgan fingerprint density at radius 3 is 3.07 bits per heavy atom. The molecule has 0 radical (unpaired) electrons. The van der Waals surface area contributed by atoms with Crippen LogP contribution < -0.4 is 0 Å². The Morgan fingerprint density at radius 2 is 2.29 bits per heavy atom. The van der Waals surface area contributed by atoms with Crippen molar-refractivity contribution in [1.29, 1.82) is 0 Å². The van der Waals surface area contributed by atoms with Crippen LogP contribution in [0.2, 0.25) is 0 Å². The number of nitrogens with zero attached hydrogens (tertiary/aromatic N) is 2. The van der Waals surface area contributed by atoms with E-state index in [9.17, 15) is 0 Å². The summed E-state index contributed by atoms with van der Waals surface area (Å²) < 4.78 is 8.38. The zero-order valence-electron chi connectivity index (χ0n) is 8.81. The maximum absolute atomic E-state index is 8.38. The first kappa shape index (κ1) is 7.35. The molecule has 0 bridgehead atoms. The van der Waals surface area contributed by atoms with E-state index in [1.807, 2.05) is 30.3 Å². The third-order valence-electron chi connectivity index (χ3n) is 2.54. The van der Waals surface area contributed by atoms with Crippen LogP contribution in [-0.4, -0.2) is 28.9 Å². The molecule has 0 saturated carbocycles. The SMILES string of the molecule is [2H]C1([13c]2[13cH][13cH][13cH][13cH][13cH]2)CN2CCSC2=N1. The maximum Gasteiger partial charge on any atom is 0.160 e. The van der Waals surface area contributed by atoms with Gasteiger partial charge in [0, 0.05) is 18.8 Å². The first-order valence-corrected chi connectivity index (χ1v) is 5.80. The second-order valence-electron chi connectivity index (χ2n) is 3.48. The molecule has 1 unspecified atom stereocenters. The first-order valence-electron chi connectivity index (χ1n) is 5.31. The van der Waals surface area contributed by atoms with Gasteiger partial charge in [0.2, 0.25) is 0 Å². The van der Waals surface area contributed by atoms with Crippen molar-refractivity contribution in [2.75, 3.05) is 18.8 Å². The summed E-state index contributed by atoms with van der Waals surface area (Å²) in [5.74, 6) is 1.11. The van der Waals surface area contributed by atoms with E-state index in [1.54, 1.807) is 11.8 Å². The van der Waals surface area contributed by atoms with Gasteiger partial charge >= 0.3 is 0 Å². The Bertz CT molecular complexity index is 406. The minimum atomic E-state index is -0.774. The van der Waals surface area contributed by atoms with Gasteiger partial charge in [-0.2, -0.15) is 0 Å². The van der Waals surface area contributed by atoms with Crippen LogP contribution in [0.5, 0.6) is 0 Å². The standard InChI is InChI=1S/C11H12N2S/c1-2-4-9(5-3-1)10-8-13-6-7-14-11(13)12-10/h1-5,10H,6-8H2/i1+1,2+1,3+1,4+1,5+1,9+1,10D. The van der Waals surface area contributed by atoms with Gasteiger partial charge in [-0.3, -0.25) is 4.99 Å². The third kappa shape index (κ3) is 1.32. The van der Waals surface area contributed by atoms with E-state index in [0.717, 1.165) is 23.0 Å². The lowest BCUT2D eigenvalue weighted by molar-refractivity contribution is 0.464. The topological polar surface area (TPSA) is 15.6 Å². The fourth-order valence-electron chi connectivity index (χ4n) is 1.80. The summed E-state index contributed by atoms with van der Waals surface area (Å²) in [6.45, 7) is 1.75. The minimum Gasteiger partial charge on any atom is -0.348 e. The summed E-state index contributed by atoms with van der Waals surface area (Å²) in [4.78, 5) is 6.74. The minimum absolute atomic E-state index is 0.708. The number of benzene rings is 1. The monoisotopic (exact) mass is 211 g/mol. The molecule has 0 spiro atoms. The molecule has 1 fully saturated rings. The van der Waals surface area contributed by atoms with E-state index in [2.05, 4.69) is 9.89 Å². The van der Waals surface area contributed by atoms with Gasteiger partial charge in [-0.05, 0) is 5.56 Å². The van der Waals surface area contributed by atoms with Gasteiger partial charge in [-0.15, -0.1) is 0 Å². The molecule has 1 saturated heterocycles. The summed E-state index contributed by atoms with van der Waals surface area (Å²) in [6.07, 6.45) is 0. The van der Waals surface area contributed by atoms with Crippen LogP contribution in [0.3, 0.4) is 0 Å². The molecule has 14 heavy (non-hydrogen) atoms. The number of hydrogen-bond donors (Lipinski definition) is 0. The van der Waals surface area contributed by atoms with Crippen LogP contribution in [0.1, 0.15) is 13.0 Å². The van der Waals surface area contributed by atoms with Crippen LogP contribution in [0.25, 0.3) is 0 Å². The lowest BCUT2D eigenvalue weighted by Crippen LogP contribution is -2.21. The Hall–Kier alpha value is -0.960. The predicted molar refractivity (Wildman–Crippen MR) is 60.6 cm³/mol. The van der Waals surface area contributed by atoms with E-state index < -0.39 is 6.02 Å². The zero-order valence-corrected chi connectivity index (χ0v) is 8.63. The normalized spacial score (nSPS) is 31.3. The molecular weight excluding hydrogens is 198 g/mol. The Kier molecular flexibility index (Phi) is 1.74. The van der Waals surface area contributed by atoms with Crippen molar-refractivity contribution in [3.8, 4) is 0 Å². The van der Waals surface area contributed by atoms with E-state index >= 15 is 0 Å². The van der Waals surface area contributed by atoms with Crippen molar-refractivity contribution < 1.29 is 1.37 Å². The molecule has 3 rings (SSSR count). The zero-order chi connectivity index (χ0) is 10.3. The molecule has 1 aromatic rings. The highest BCUT2D eigenvalue weighted by Gasteiger charge is 2.29. The molecule has 3 heteroatoms. The molecule has 1 atom stereocenters. The number of amidine groups is 1. The van der Waals surface area contributed by atoms with Crippen molar-refractivity contribution in [2.45, 2.75) is 6.02 Å². The third-order valence-corrected chi connectivity index (χ3v) is 3.54. The van der Waals surface area contributed by atoms with Crippen molar-refractivity contribution >= 4 is 16.9 Å². The molecular formula is C11H12N2S. The molecule has 0 N–H and O–H groups in total. The van der Waals surface area contributed by atoms with Crippen LogP contribution in [0.4, 0.5) is 0 Å². The van der Waals surface area contributed by atoms with Gasteiger partial charge in [-0.25, -0.2) is 0 Å². The van der Waals surface area contributed by atoms with Crippen LogP contribution in [0, 0.1) is 0 Å². The second kappa shape index (κ2) is 3.31. The van der Waals surface area contributed by atoms with Crippen molar-refractivity contribution in [3.63, 3.8) is 0 Å². The van der Waals surface area contributed by atoms with Gasteiger partial charge in [0.25, 0.3) is 0 Å². The summed E-state index contributed by atoms with van der Waals surface area (Å²) in [5, 5.41) is 1.05. The number of aliphatic imine (C=N–C) groups is 1. The fraction of sp³-hybridized carbons (Fsp3) is 0.364. The molecule has 1 aromatic carbocycles. The van der Waals surface area contributed by atoms with Crippen LogP contribution in [0.15, 0.2) is 35.3 Å². The van der Waals surface area contributed by atoms with Gasteiger partial charge in [0.15, 0.2) is 5.17 Å². The Morgan fingerprint density at radius 1 is 1.43 bits per heavy atom. The second-order valence-corrected chi connectivity index (χ2v) is 4.54. The number of thioether (sulfide) groups is 1. The molecule has 0 aromatic heterocycles. The van der Waals surface area contributed by atoms with E-state index in [0.29, 0.717) is 6.54 Å². The van der Waals surface area contributed by atoms with E-state index in [-0.39, 0.29) is 0 Å². The van der Waals surface area contributed by atoms with E-state index in [1.165, 1.54) is 0 Å². The number of hydrogen-bond acceptors (Lipinski definition) is 3. The van der Waals surface area contributed by atoms with Gasteiger partial charge in [-0.1, -0.05) is 42.1 Å². The largest absolute Gasteiger partial charge is 0.348 e. The van der Waals surface area contributed by atoms with Crippen LogP contribution >= 0.6 is 11.8 Å². The summed E-state index contributed by atoms with van der Waals surface area (Å²) in [5.41, 5.74) is 0.993. The molecule has 72 valence electrons. The number of fused-ring (bicyclic) bond motifs is 1. The lowest BCUT2D eigenvalue weighted by atomic mass is 10.4. The lowest BCUT2D eigenvalue weighted by Gasteiger charge is -2.12. The average Bonchev–Trinajstić information content (AvgIpc) is 2.78. The smallest absolute Gasteiger partial charge is 0.160 e. The molecule has 0 aliphatic carbocycles. The van der Waals surface area contributed by atoms with Crippen LogP contribution in [-0.2, 0) is 0 Å². The predicted octanol–water partition coefficient (Wildman–Crippen LogP) is 2.15. The van der Waals surface area contributed by atoms with Gasteiger partial charge in [0.05, 0.1) is 7.39 Å². The molecule has 2 nitrogen and oxygen atoms in total. The average molecular weight is 211 g/mol. The number of rotatable bonds is 1. The molecule has 0 amide bonds. The highest BCUT2D eigenvalue weighted by Crippen LogP contribution is 2.31. The fourth-order valence-corrected chi connectivity index (χ4v) is 2.81. The van der Waals surface area contributed by atoms with Gasteiger partial charge < -0.3 is 4.90 Å². The Balaban J connectivity index is 1.97. The quantitative estimate of drug-likeness (QED) is 0.707. The summed E-state index contributed by atoms with van der Waals surface area (Å²) in [6, 6.07) is 9.13. The van der Waals surface area contributed by atoms with Gasteiger partial charge in [0.1, 0.15) is 0 Å². The van der Waals surface area contributed by atoms with Crippen molar-refractivity contribution in [3.05, 3.63) is 35.9 Å². The highest BCUT2D eigenvalue weighted by atomic mass is 32.2. The molecule has 2 aliphatic rings. The van der Waals surface area contributed by atoms with E-state index in [4.69, 9.17) is 1.37 Å². The molecule has 2 aliphatic heterocycles. The highest BCUT2D eigenvalue weighted by molar-refractivity contribution is 8.14. The summed E-state index contributed by atoms with van der Waals surface area (Å²) >= 11 is 1.77. The Labute approximate surface area is 89.4 Å². The summed E-state index contributed by atoms with van der Waals surface area (Å²) in [7, 11) is 0. The maximum atomic E-state index is 8.38. The van der Waals surface area contributed by atoms with Crippen molar-refractivity contribution in [1.82, 2.24) is 4.90 Å². The first-order chi connectivity index (χ1) is 7.28. The molecule has 2 heterocycles.